The summed E-state index contributed by atoms with van der Waals surface area (Å²) < 4.78 is 0. The summed E-state index contributed by atoms with van der Waals surface area (Å²) in [5.41, 5.74) is 2.44. The zero-order valence-corrected chi connectivity index (χ0v) is 12.4. The van der Waals surface area contributed by atoms with Gasteiger partial charge in [0.2, 0.25) is 0 Å². The van der Waals surface area contributed by atoms with Crippen LogP contribution in [0.25, 0.3) is 0 Å². The number of hydrogen-bond acceptors (Lipinski definition) is 1. The molecule has 1 aromatic rings. The molecule has 0 atom stereocenters. The highest BCUT2D eigenvalue weighted by atomic mass is 16.3. The predicted octanol–water partition coefficient (Wildman–Crippen LogP) is 4.83. The van der Waals surface area contributed by atoms with Crippen LogP contribution in [0.1, 0.15) is 52.2 Å². The highest BCUT2D eigenvalue weighted by molar-refractivity contribution is 5.45. The lowest BCUT2D eigenvalue weighted by molar-refractivity contribution is 0.277. The second-order valence-corrected chi connectivity index (χ2v) is 6.93. The van der Waals surface area contributed by atoms with E-state index in [0.717, 1.165) is 18.4 Å². The second-order valence-electron chi connectivity index (χ2n) is 6.93. The van der Waals surface area contributed by atoms with Crippen molar-refractivity contribution in [3.8, 4) is 5.75 Å². The molecule has 0 spiro atoms. The summed E-state index contributed by atoms with van der Waals surface area (Å²) in [6.45, 7) is 14.9. The lowest BCUT2D eigenvalue weighted by Crippen LogP contribution is -2.26. The van der Waals surface area contributed by atoms with Gasteiger partial charge in [0, 0.05) is 5.56 Å². The normalized spacial score (nSPS) is 12.5. The minimum atomic E-state index is -0.0397. The van der Waals surface area contributed by atoms with Gasteiger partial charge in [0.15, 0.2) is 0 Å². The van der Waals surface area contributed by atoms with Crippen LogP contribution in [-0.4, -0.2) is 5.11 Å². The Morgan fingerprint density at radius 2 is 1.78 bits per heavy atom. The van der Waals surface area contributed by atoms with Crippen molar-refractivity contribution >= 4 is 0 Å². The molecule has 0 aliphatic carbocycles. The molecule has 0 aliphatic rings. The first-order valence-electron chi connectivity index (χ1n) is 6.59. The van der Waals surface area contributed by atoms with Crippen molar-refractivity contribution in [3.05, 3.63) is 42.0 Å². The topological polar surface area (TPSA) is 20.2 Å². The SMILES string of the molecule is C=CCc1cccc(O)c1C(C)(C)CC(C)(C)C. The zero-order valence-electron chi connectivity index (χ0n) is 12.4. The van der Waals surface area contributed by atoms with Gasteiger partial charge in [-0.3, -0.25) is 0 Å². The number of rotatable bonds is 4. The fourth-order valence-electron chi connectivity index (χ4n) is 3.11. The third-order valence-corrected chi connectivity index (χ3v) is 3.14. The molecule has 1 nitrogen and oxygen atoms in total. The smallest absolute Gasteiger partial charge is 0.119 e. The van der Waals surface area contributed by atoms with Crippen LogP contribution in [-0.2, 0) is 11.8 Å². The summed E-state index contributed by atoms with van der Waals surface area (Å²) in [7, 11) is 0. The molecule has 0 heterocycles. The van der Waals surface area contributed by atoms with E-state index >= 15 is 0 Å². The van der Waals surface area contributed by atoms with Gasteiger partial charge in [-0.2, -0.15) is 0 Å². The molecule has 0 radical (unpaired) electrons. The molecule has 1 heteroatoms. The summed E-state index contributed by atoms with van der Waals surface area (Å²) in [6.07, 6.45) is 3.73. The van der Waals surface area contributed by atoms with Crippen molar-refractivity contribution < 1.29 is 5.11 Å². The maximum absolute atomic E-state index is 10.2. The fraction of sp³-hybridized carbons (Fsp3) is 0.529. The van der Waals surface area contributed by atoms with Gasteiger partial charge in [-0.25, -0.2) is 0 Å². The molecular formula is C17H26O. The Bertz CT molecular complexity index is 422. The summed E-state index contributed by atoms with van der Waals surface area (Å²) >= 11 is 0. The summed E-state index contributed by atoms with van der Waals surface area (Å²) in [5, 5.41) is 10.2. The maximum atomic E-state index is 10.2. The molecule has 1 aromatic carbocycles. The minimum Gasteiger partial charge on any atom is -0.508 e. The van der Waals surface area contributed by atoms with E-state index in [-0.39, 0.29) is 10.8 Å². The highest BCUT2D eigenvalue weighted by Gasteiger charge is 2.31. The fourth-order valence-corrected chi connectivity index (χ4v) is 3.11. The molecule has 18 heavy (non-hydrogen) atoms. The molecule has 0 aromatic heterocycles. The average Bonchev–Trinajstić information content (AvgIpc) is 2.13. The van der Waals surface area contributed by atoms with Crippen LogP contribution in [0.4, 0.5) is 0 Å². The molecule has 0 unspecified atom stereocenters. The van der Waals surface area contributed by atoms with E-state index in [4.69, 9.17) is 0 Å². The lowest BCUT2D eigenvalue weighted by atomic mass is 9.70. The first-order valence-corrected chi connectivity index (χ1v) is 6.59. The number of phenolic OH excluding ortho intramolecular Hbond substituents is 1. The van der Waals surface area contributed by atoms with Gasteiger partial charge in [0.25, 0.3) is 0 Å². The van der Waals surface area contributed by atoms with Crippen LogP contribution >= 0.6 is 0 Å². The van der Waals surface area contributed by atoms with Crippen molar-refractivity contribution in [1.29, 1.82) is 0 Å². The van der Waals surface area contributed by atoms with E-state index in [1.54, 1.807) is 6.07 Å². The van der Waals surface area contributed by atoms with E-state index in [2.05, 4.69) is 47.3 Å². The number of benzene rings is 1. The van der Waals surface area contributed by atoms with Gasteiger partial charge in [0.1, 0.15) is 5.75 Å². The average molecular weight is 246 g/mol. The number of aromatic hydroxyl groups is 1. The van der Waals surface area contributed by atoms with Crippen LogP contribution in [0.15, 0.2) is 30.9 Å². The van der Waals surface area contributed by atoms with Crippen LogP contribution < -0.4 is 0 Å². The number of phenols is 1. The lowest BCUT2D eigenvalue weighted by Gasteiger charge is -2.34. The molecular weight excluding hydrogens is 220 g/mol. The van der Waals surface area contributed by atoms with Crippen molar-refractivity contribution in [2.24, 2.45) is 5.41 Å². The van der Waals surface area contributed by atoms with Gasteiger partial charge in [0.05, 0.1) is 0 Å². The summed E-state index contributed by atoms with van der Waals surface area (Å²) in [6, 6.07) is 5.78. The molecule has 1 N–H and O–H groups in total. The molecule has 0 bridgehead atoms. The monoisotopic (exact) mass is 246 g/mol. The van der Waals surface area contributed by atoms with E-state index < -0.39 is 0 Å². The second kappa shape index (κ2) is 5.17. The Morgan fingerprint density at radius 3 is 2.28 bits per heavy atom. The molecule has 0 aliphatic heterocycles. The van der Waals surface area contributed by atoms with Crippen LogP contribution in [0.5, 0.6) is 5.75 Å². The Balaban J connectivity index is 3.25. The minimum absolute atomic E-state index is 0.0397. The molecule has 0 saturated heterocycles. The van der Waals surface area contributed by atoms with Crippen molar-refractivity contribution in [2.75, 3.05) is 0 Å². The van der Waals surface area contributed by atoms with Crippen molar-refractivity contribution in [2.45, 2.75) is 52.9 Å². The largest absolute Gasteiger partial charge is 0.508 e. The van der Waals surface area contributed by atoms with E-state index in [9.17, 15) is 5.11 Å². The van der Waals surface area contributed by atoms with Gasteiger partial charge < -0.3 is 5.11 Å². The van der Waals surface area contributed by atoms with Gasteiger partial charge >= 0.3 is 0 Å². The number of hydrogen-bond donors (Lipinski definition) is 1. The van der Waals surface area contributed by atoms with E-state index in [0.29, 0.717) is 5.75 Å². The van der Waals surface area contributed by atoms with E-state index in [1.807, 2.05) is 12.1 Å². The maximum Gasteiger partial charge on any atom is 0.119 e. The first-order chi connectivity index (χ1) is 8.17. The Hall–Kier alpha value is -1.24. The zero-order chi connectivity index (χ0) is 14.0. The summed E-state index contributed by atoms with van der Waals surface area (Å²) in [5.74, 6) is 0.406. The quantitative estimate of drug-likeness (QED) is 0.754. The number of allylic oxidation sites excluding steroid dienone is 1. The Labute approximate surface area is 112 Å². The third kappa shape index (κ3) is 3.63. The van der Waals surface area contributed by atoms with Crippen LogP contribution in [0.2, 0.25) is 0 Å². The van der Waals surface area contributed by atoms with Gasteiger partial charge in [-0.15, -0.1) is 6.58 Å². The third-order valence-electron chi connectivity index (χ3n) is 3.14. The van der Waals surface area contributed by atoms with Crippen LogP contribution in [0.3, 0.4) is 0 Å². The molecule has 1 rings (SSSR count). The summed E-state index contributed by atoms with van der Waals surface area (Å²) in [4.78, 5) is 0. The van der Waals surface area contributed by atoms with Gasteiger partial charge in [-0.1, -0.05) is 52.8 Å². The molecule has 0 saturated carbocycles. The van der Waals surface area contributed by atoms with Crippen molar-refractivity contribution in [3.63, 3.8) is 0 Å². The molecule has 100 valence electrons. The van der Waals surface area contributed by atoms with Crippen molar-refractivity contribution in [1.82, 2.24) is 0 Å². The molecule has 0 fully saturated rings. The predicted molar refractivity (Wildman–Crippen MR) is 79.1 cm³/mol. The Kier molecular flexibility index (Phi) is 4.26. The Morgan fingerprint density at radius 1 is 1.17 bits per heavy atom. The standard InChI is InChI=1S/C17H26O/c1-7-9-13-10-8-11-14(18)15(13)17(5,6)12-16(2,3)4/h7-8,10-11,18H,1,9,12H2,2-6H3. The van der Waals surface area contributed by atoms with Crippen LogP contribution in [0, 0.1) is 5.41 Å². The molecule has 0 amide bonds. The first kappa shape index (κ1) is 14.8. The van der Waals surface area contributed by atoms with E-state index in [1.165, 1.54) is 5.56 Å². The highest BCUT2D eigenvalue weighted by Crippen LogP contribution is 2.41. The van der Waals surface area contributed by atoms with Gasteiger partial charge in [-0.05, 0) is 35.3 Å².